The third-order valence-corrected chi connectivity index (χ3v) is 4.49. The molecule has 1 N–H and O–H groups in total. The standard InChI is InChI=1S/C14H13Br2NO/c15-9-4-5-11(16)13(8-9)17-12-2-1-3-14-10(12)6-7-18-14/h4-8,12,17H,1-3H2. The van der Waals surface area contributed by atoms with Gasteiger partial charge in [-0.05, 0) is 53.0 Å². The van der Waals surface area contributed by atoms with Crippen molar-refractivity contribution in [3.8, 4) is 0 Å². The third kappa shape index (κ3) is 2.36. The fourth-order valence-corrected chi connectivity index (χ4v) is 3.15. The Morgan fingerprint density at radius 1 is 1.22 bits per heavy atom. The van der Waals surface area contributed by atoms with Crippen LogP contribution in [0.3, 0.4) is 0 Å². The summed E-state index contributed by atoms with van der Waals surface area (Å²) in [4.78, 5) is 0. The van der Waals surface area contributed by atoms with Crippen LogP contribution in [0.5, 0.6) is 0 Å². The summed E-state index contributed by atoms with van der Waals surface area (Å²) in [5, 5.41) is 3.60. The molecule has 3 rings (SSSR count). The van der Waals surface area contributed by atoms with E-state index in [1.807, 2.05) is 12.1 Å². The van der Waals surface area contributed by atoms with Crippen LogP contribution in [0.15, 0.2) is 43.9 Å². The van der Waals surface area contributed by atoms with Gasteiger partial charge in [0.2, 0.25) is 0 Å². The van der Waals surface area contributed by atoms with E-state index < -0.39 is 0 Å². The number of fused-ring (bicyclic) bond motifs is 1. The summed E-state index contributed by atoms with van der Waals surface area (Å²) in [5.74, 6) is 1.13. The van der Waals surface area contributed by atoms with E-state index in [0.717, 1.165) is 33.2 Å². The average molecular weight is 371 g/mol. The highest BCUT2D eigenvalue weighted by Gasteiger charge is 2.22. The number of hydrogen-bond donors (Lipinski definition) is 1. The minimum absolute atomic E-state index is 0.345. The second-order valence-corrected chi connectivity index (χ2v) is 6.28. The molecule has 1 unspecified atom stereocenters. The Morgan fingerprint density at radius 3 is 3.00 bits per heavy atom. The highest BCUT2D eigenvalue weighted by Crippen LogP contribution is 2.35. The molecule has 1 aliphatic rings. The van der Waals surface area contributed by atoms with Gasteiger partial charge in [-0.25, -0.2) is 0 Å². The smallest absolute Gasteiger partial charge is 0.109 e. The molecule has 2 aromatic rings. The SMILES string of the molecule is Brc1ccc(Br)c(NC2CCCc3occc32)c1. The molecule has 0 saturated heterocycles. The van der Waals surface area contributed by atoms with Gasteiger partial charge < -0.3 is 9.73 Å². The summed E-state index contributed by atoms with van der Waals surface area (Å²) in [6.07, 6.45) is 5.16. The van der Waals surface area contributed by atoms with Crippen molar-refractivity contribution in [2.24, 2.45) is 0 Å². The van der Waals surface area contributed by atoms with Crippen molar-refractivity contribution in [1.82, 2.24) is 0 Å². The average Bonchev–Trinajstić information content (AvgIpc) is 2.83. The molecule has 1 atom stereocenters. The van der Waals surface area contributed by atoms with Crippen molar-refractivity contribution in [2.75, 3.05) is 5.32 Å². The maximum Gasteiger partial charge on any atom is 0.109 e. The zero-order chi connectivity index (χ0) is 12.5. The lowest BCUT2D eigenvalue weighted by Crippen LogP contribution is -2.16. The Morgan fingerprint density at radius 2 is 2.11 bits per heavy atom. The molecule has 1 heterocycles. The molecule has 2 nitrogen and oxygen atoms in total. The lowest BCUT2D eigenvalue weighted by Gasteiger charge is -2.24. The lowest BCUT2D eigenvalue weighted by atomic mass is 9.93. The highest BCUT2D eigenvalue weighted by molar-refractivity contribution is 9.11. The molecular weight excluding hydrogens is 358 g/mol. The van der Waals surface area contributed by atoms with Crippen LogP contribution in [0, 0.1) is 0 Å². The number of nitrogens with one attached hydrogen (secondary N) is 1. The molecule has 0 aliphatic heterocycles. The van der Waals surface area contributed by atoms with E-state index in [9.17, 15) is 0 Å². The molecule has 1 aromatic heterocycles. The van der Waals surface area contributed by atoms with Gasteiger partial charge in [0.25, 0.3) is 0 Å². The van der Waals surface area contributed by atoms with Crippen LogP contribution < -0.4 is 5.32 Å². The van der Waals surface area contributed by atoms with Gasteiger partial charge in [0.15, 0.2) is 0 Å². The zero-order valence-corrected chi connectivity index (χ0v) is 12.9. The van der Waals surface area contributed by atoms with Crippen LogP contribution in [0.1, 0.15) is 30.2 Å². The van der Waals surface area contributed by atoms with Crippen molar-refractivity contribution in [3.63, 3.8) is 0 Å². The first-order valence-electron chi connectivity index (χ1n) is 6.02. The Bertz CT molecular complexity index is 565. The first-order chi connectivity index (χ1) is 8.74. The van der Waals surface area contributed by atoms with Gasteiger partial charge in [0, 0.05) is 20.9 Å². The summed E-state index contributed by atoms with van der Waals surface area (Å²) in [6, 6.07) is 8.60. The van der Waals surface area contributed by atoms with Crippen LogP contribution >= 0.6 is 31.9 Å². The van der Waals surface area contributed by atoms with Crippen molar-refractivity contribution in [2.45, 2.75) is 25.3 Å². The highest BCUT2D eigenvalue weighted by atomic mass is 79.9. The van der Waals surface area contributed by atoms with Crippen molar-refractivity contribution in [1.29, 1.82) is 0 Å². The first kappa shape index (κ1) is 12.3. The predicted molar refractivity (Wildman–Crippen MR) is 79.9 cm³/mol. The molecule has 0 amide bonds. The maximum absolute atomic E-state index is 5.52. The van der Waals surface area contributed by atoms with Crippen molar-refractivity contribution >= 4 is 37.5 Å². The Kier molecular flexibility index (Phi) is 3.48. The molecule has 0 bridgehead atoms. The van der Waals surface area contributed by atoms with Gasteiger partial charge >= 0.3 is 0 Å². The quantitative estimate of drug-likeness (QED) is 0.776. The molecule has 0 spiro atoms. The number of benzene rings is 1. The topological polar surface area (TPSA) is 25.2 Å². The fourth-order valence-electron chi connectivity index (χ4n) is 2.43. The van der Waals surface area contributed by atoms with E-state index in [-0.39, 0.29) is 0 Å². The van der Waals surface area contributed by atoms with Gasteiger partial charge in [-0.15, -0.1) is 0 Å². The Labute approximate surface area is 123 Å². The van der Waals surface area contributed by atoms with E-state index in [1.54, 1.807) is 6.26 Å². The summed E-state index contributed by atoms with van der Waals surface area (Å²) >= 11 is 7.09. The van der Waals surface area contributed by atoms with Crippen LogP contribution in [0.25, 0.3) is 0 Å². The summed E-state index contributed by atoms with van der Waals surface area (Å²) in [6.45, 7) is 0. The first-order valence-corrected chi connectivity index (χ1v) is 7.60. The van der Waals surface area contributed by atoms with Crippen LogP contribution in [-0.4, -0.2) is 0 Å². The number of hydrogen-bond acceptors (Lipinski definition) is 2. The molecular formula is C14H13Br2NO. The van der Waals surface area contributed by atoms with Gasteiger partial charge in [0.1, 0.15) is 5.76 Å². The van der Waals surface area contributed by atoms with E-state index in [1.165, 1.54) is 12.0 Å². The van der Waals surface area contributed by atoms with E-state index >= 15 is 0 Å². The molecule has 4 heteroatoms. The molecule has 0 radical (unpaired) electrons. The second-order valence-electron chi connectivity index (χ2n) is 4.51. The van der Waals surface area contributed by atoms with Crippen LogP contribution in [-0.2, 0) is 6.42 Å². The molecule has 94 valence electrons. The zero-order valence-electron chi connectivity index (χ0n) is 9.75. The van der Waals surface area contributed by atoms with Gasteiger partial charge in [-0.2, -0.15) is 0 Å². The van der Waals surface area contributed by atoms with Crippen molar-refractivity contribution in [3.05, 3.63) is 50.8 Å². The number of aryl methyl sites for hydroxylation is 1. The Hall–Kier alpha value is -0.740. The third-order valence-electron chi connectivity index (χ3n) is 3.31. The van der Waals surface area contributed by atoms with Gasteiger partial charge in [0.05, 0.1) is 18.0 Å². The predicted octanol–water partition coefficient (Wildman–Crippen LogP) is 5.29. The molecule has 0 fully saturated rings. The summed E-state index contributed by atoms with van der Waals surface area (Å²) in [7, 11) is 0. The number of furan rings is 1. The Balaban J connectivity index is 1.88. The lowest BCUT2D eigenvalue weighted by molar-refractivity contribution is 0.461. The molecule has 18 heavy (non-hydrogen) atoms. The number of anilines is 1. The molecule has 0 saturated carbocycles. The second kappa shape index (κ2) is 5.10. The minimum Gasteiger partial charge on any atom is -0.469 e. The van der Waals surface area contributed by atoms with Crippen LogP contribution in [0.2, 0.25) is 0 Å². The van der Waals surface area contributed by atoms with Gasteiger partial charge in [-0.1, -0.05) is 15.9 Å². The number of halogens is 2. The van der Waals surface area contributed by atoms with Crippen molar-refractivity contribution < 1.29 is 4.42 Å². The fraction of sp³-hybridized carbons (Fsp3) is 0.286. The summed E-state index contributed by atoms with van der Waals surface area (Å²) < 4.78 is 7.68. The molecule has 1 aromatic carbocycles. The summed E-state index contributed by atoms with van der Waals surface area (Å²) in [5.41, 5.74) is 2.41. The normalized spacial score (nSPS) is 18.4. The van der Waals surface area contributed by atoms with E-state index in [4.69, 9.17) is 4.42 Å². The minimum atomic E-state index is 0.345. The largest absolute Gasteiger partial charge is 0.469 e. The maximum atomic E-state index is 5.52. The molecule has 1 aliphatic carbocycles. The van der Waals surface area contributed by atoms with E-state index in [0.29, 0.717) is 6.04 Å². The monoisotopic (exact) mass is 369 g/mol. The number of rotatable bonds is 2. The van der Waals surface area contributed by atoms with Gasteiger partial charge in [-0.3, -0.25) is 0 Å². The van der Waals surface area contributed by atoms with Crippen LogP contribution in [0.4, 0.5) is 5.69 Å². The van der Waals surface area contributed by atoms with E-state index in [2.05, 4.69) is 49.3 Å².